The second-order valence-corrected chi connectivity index (χ2v) is 7.22. The maximum absolute atomic E-state index is 12.4. The number of aromatic nitrogens is 1. The molecule has 4 heteroatoms. The molecule has 1 heterocycles. The van der Waals surface area contributed by atoms with E-state index in [1.165, 1.54) is 21.0 Å². The van der Waals surface area contributed by atoms with Crippen LogP contribution in [0.15, 0.2) is 65.7 Å². The smallest absolute Gasteiger partial charge is 0.252 e. The lowest BCUT2D eigenvalue weighted by Crippen LogP contribution is -2.14. The molecule has 0 aliphatic carbocycles. The summed E-state index contributed by atoms with van der Waals surface area (Å²) in [7, 11) is 1.96. The number of fused-ring (bicyclic) bond motifs is 3. The molecular weight excluding hydrogens is 328 g/mol. The van der Waals surface area contributed by atoms with E-state index in [1.807, 2.05) is 54.9 Å². The normalized spacial score (nSPS) is 12.2. The third kappa shape index (κ3) is 3.01. The first-order chi connectivity index (χ1) is 12.1. The number of thiazole rings is 1. The van der Waals surface area contributed by atoms with Gasteiger partial charge in [-0.1, -0.05) is 71.5 Å². The first-order valence-corrected chi connectivity index (χ1v) is 9.04. The Kier molecular flexibility index (Phi) is 3.98. The van der Waals surface area contributed by atoms with Crippen LogP contribution >= 0.6 is 11.3 Å². The lowest BCUT2D eigenvalue weighted by molar-refractivity contribution is -0.117. The molecule has 4 rings (SSSR count). The minimum Gasteiger partial charge on any atom is -0.319 e. The highest BCUT2D eigenvalue weighted by molar-refractivity contribution is 7.17. The molecule has 25 heavy (non-hydrogen) atoms. The Morgan fingerprint density at radius 1 is 1.04 bits per heavy atom. The minimum absolute atomic E-state index is 0.115. The Labute approximate surface area is 149 Å². The SMILES string of the molecule is Cc1ccc(CC(=O)N=c2sc3c4ccccc4ccc3n2C)cc1. The Bertz CT molecular complexity index is 1150. The molecule has 0 unspecified atom stereocenters. The number of carbonyl (C=O) groups is 1. The quantitative estimate of drug-likeness (QED) is 0.531. The molecule has 0 fully saturated rings. The van der Waals surface area contributed by atoms with Crippen LogP contribution in [0, 0.1) is 6.92 Å². The van der Waals surface area contributed by atoms with E-state index in [1.54, 1.807) is 11.3 Å². The van der Waals surface area contributed by atoms with Gasteiger partial charge in [-0.15, -0.1) is 0 Å². The van der Waals surface area contributed by atoms with Gasteiger partial charge in [-0.25, -0.2) is 0 Å². The maximum atomic E-state index is 12.4. The van der Waals surface area contributed by atoms with Crippen molar-refractivity contribution in [3.63, 3.8) is 0 Å². The number of aryl methyl sites for hydroxylation is 2. The summed E-state index contributed by atoms with van der Waals surface area (Å²) in [5, 5.41) is 2.41. The monoisotopic (exact) mass is 346 g/mol. The largest absolute Gasteiger partial charge is 0.319 e. The van der Waals surface area contributed by atoms with Crippen LogP contribution in [0.1, 0.15) is 11.1 Å². The van der Waals surface area contributed by atoms with Gasteiger partial charge in [-0.2, -0.15) is 4.99 Å². The zero-order valence-corrected chi connectivity index (χ0v) is 15.0. The fraction of sp³-hybridized carbons (Fsp3) is 0.143. The molecular formula is C21H18N2OS. The van der Waals surface area contributed by atoms with Crippen LogP contribution in [0.25, 0.3) is 21.0 Å². The van der Waals surface area contributed by atoms with Crippen molar-refractivity contribution in [2.24, 2.45) is 12.0 Å². The number of hydrogen-bond acceptors (Lipinski definition) is 2. The molecule has 0 radical (unpaired) electrons. The van der Waals surface area contributed by atoms with E-state index in [0.29, 0.717) is 6.42 Å². The molecule has 124 valence electrons. The van der Waals surface area contributed by atoms with Crippen LogP contribution in [-0.2, 0) is 18.3 Å². The number of carbonyl (C=O) groups excluding carboxylic acids is 1. The predicted octanol–water partition coefficient (Wildman–Crippen LogP) is 4.37. The summed E-state index contributed by atoms with van der Waals surface area (Å²) >= 11 is 1.57. The van der Waals surface area contributed by atoms with Crippen molar-refractivity contribution in [1.82, 2.24) is 4.57 Å². The number of amides is 1. The highest BCUT2D eigenvalue weighted by Gasteiger charge is 2.08. The third-order valence-corrected chi connectivity index (χ3v) is 5.58. The van der Waals surface area contributed by atoms with E-state index in [-0.39, 0.29) is 5.91 Å². The maximum Gasteiger partial charge on any atom is 0.252 e. The second kappa shape index (κ2) is 6.30. The van der Waals surface area contributed by atoms with Crippen LogP contribution in [0.4, 0.5) is 0 Å². The molecule has 0 aliphatic rings. The van der Waals surface area contributed by atoms with Gasteiger partial charge < -0.3 is 4.57 Å². The van der Waals surface area contributed by atoms with Gasteiger partial charge in [-0.3, -0.25) is 4.79 Å². The van der Waals surface area contributed by atoms with Crippen molar-refractivity contribution in [3.8, 4) is 0 Å². The van der Waals surface area contributed by atoms with E-state index in [0.717, 1.165) is 15.9 Å². The summed E-state index contributed by atoms with van der Waals surface area (Å²) < 4.78 is 3.17. The van der Waals surface area contributed by atoms with Gasteiger partial charge >= 0.3 is 0 Å². The molecule has 0 bridgehead atoms. The summed E-state index contributed by atoms with van der Waals surface area (Å²) in [6, 6.07) is 20.5. The van der Waals surface area contributed by atoms with Crippen molar-refractivity contribution in [2.45, 2.75) is 13.3 Å². The molecule has 1 amide bonds. The lowest BCUT2D eigenvalue weighted by Gasteiger charge is -2.00. The zero-order chi connectivity index (χ0) is 17.4. The first kappa shape index (κ1) is 15.8. The summed E-state index contributed by atoms with van der Waals surface area (Å²) in [5.74, 6) is -0.115. The van der Waals surface area contributed by atoms with Crippen LogP contribution in [0.5, 0.6) is 0 Å². The number of nitrogens with zero attached hydrogens (tertiary/aromatic N) is 2. The standard InChI is InChI=1S/C21H18N2OS/c1-14-7-9-15(10-8-14)13-19(24)22-21-23(2)18-12-11-16-5-3-4-6-17(16)20(18)25-21/h3-12H,13H2,1-2H3. The topological polar surface area (TPSA) is 34.4 Å². The van der Waals surface area contributed by atoms with Gasteiger partial charge in [0, 0.05) is 12.4 Å². The summed E-state index contributed by atoms with van der Waals surface area (Å²) in [5.41, 5.74) is 3.29. The van der Waals surface area contributed by atoms with E-state index in [9.17, 15) is 4.79 Å². The number of hydrogen-bond donors (Lipinski definition) is 0. The first-order valence-electron chi connectivity index (χ1n) is 8.22. The molecule has 0 aliphatic heterocycles. The van der Waals surface area contributed by atoms with Crippen LogP contribution in [-0.4, -0.2) is 10.5 Å². The van der Waals surface area contributed by atoms with Crippen molar-refractivity contribution in [1.29, 1.82) is 0 Å². The zero-order valence-electron chi connectivity index (χ0n) is 14.2. The van der Waals surface area contributed by atoms with E-state index < -0.39 is 0 Å². The fourth-order valence-electron chi connectivity index (χ4n) is 2.99. The van der Waals surface area contributed by atoms with E-state index in [4.69, 9.17) is 0 Å². The van der Waals surface area contributed by atoms with Gasteiger partial charge in [0.2, 0.25) is 0 Å². The van der Waals surface area contributed by atoms with Gasteiger partial charge in [0.15, 0.2) is 4.80 Å². The van der Waals surface area contributed by atoms with Crippen LogP contribution in [0.2, 0.25) is 0 Å². The Morgan fingerprint density at radius 3 is 2.60 bits per heavy atom. The highest BCUT2D eigenvalue weighted by atomic mass is 32.1. The van der Waals surface area contributed by atoms with Gasteiger partial charge in [0.1, 0.15) is 0 Å². The molecule has 4 aromatic rings. The number of benzene rings is 3. The Morgan fingerprint density at radius 2 is 1.80 bits per heavy atom. The van der Waals surface area contributed by atoms with E-state index >= 15 is 0 Å². The second-order valence-electron chi connectivity index (χ2n) is 6.25. The molecule has 3 aromatic carbocycles. The molecule has 0 saturated carbocycles. The fourth-order valence-corrected chi connectivity index (χ4v) is 4.16. The molecule has 1 aromatic heterocycles. The van der Waals surface area contributed by atoms with Crippen molar-refractivity contribution >= 4 is 38.2 Å². The molecule has 3 nitrogen and oxygen atoms in total. The van der Waals surface area contributed by atoms with E-state index in [2.05, 4.69) is 29.3 Å². The number of rotatable bonds is 2. The Balaban J connectivity index is 1.76. The predicted molar refractivity (Wildman–Crippen MR) is 104 cm³/mol. The molecule has 0 N–H and O–H groups in total. The van der Waals surface area contributed by atoms with Crippen molar-refractivity contribution < 1.29 is 4.79 Å². The third-order valence-electron chi connectivity index (χ3n) is 4.40. The van der Waals surface area contributed by atoms with Gasteiger partial charge in [0.05, 0.1) is 16.6 Å². The molecule has 0 spiro atoms. The summed E-state index contributed by atoms with van der Waals surface area (Å²) in [6.45, 7) is 2.04. The summed E-state index contributed by atoms with van der Waals surface area (Å²) in [6.07, 6.45) is 0.329. The average Bonchev–Trinajstić information content (AvgIpc) is 2.93. The van der Waals surface area contributed by atoms with Crippen molar-refractivity contribution in [3.05, 3.63) is 76.6 Å². The van der Waals surface area contributed by atoms with Crippen LogP contribution in [0.3, 0.4) is 0 Å². The van der Waals surface area contributed by atoms with Gasteiger partial charge in [-0.05, 0) is 23.9 Å². The molecule has 0 saturated heterocycles. The minimum atomic E-state index is -0.115. The van der Waals surface area contributed by atoms with Crippen LogP contribution < -0.4 is 4.80 Å². The van der Waals surface area contributed by atoms with Gasteiger partial charge in [0.25, 0.3) is 5.91 Å². The molecule has 0 atom stereocenters. The summed E-state index contributed by atoms with van der Waals surface area (Å²) in [4.78, 5) is 17.5. The lowest BCUT2D eigenvalue weighted by atomic mass is 10.1. The average molecular weight is 346 g/mol. The van der Waals surface area contributed by atoms with Crippen molar-refractivity contribution in [2.75, 3.05) is 0 Å². The highest BCUT2D eigenvalue weighted by Crippen LogP contribution is 2.27. The Hall–Kier alpha value is -2.72.